The molecule has 2 atom stereocenters. The Kier molecular flexibility index (Phi) is 5.29. The summed E-state index contributed by atoms with van der Waals surface area (Å²) in [5.74, 6) is 0. The Bertz CT molecular complexity index is 392. The third-order valence-corrected chi connectivity index (χ3v) is 6.87. The van der Waals surface area contributed by atoms with Crippen LogP contribution in [0.5, 0.6) is 0 Å². The van der Waals surface area contributed by atoms with Crippen molar-refractivity contribution in [3.8, 4) is 0 Å². The van der Waals surface area contributed by atoms with Crippen molar-refractivity contribution in [2.45, 2.75) is 12.7 Å². The SMILES string of the molecule is FN1P(F)N=P(OC(F)(F)F)(OC(F)(F)F)N(F)P1F. The van der Waals surface area contributed by atoms with Gasteiger partial charge in [-0.15, -0.1) is 35.3 Å². The average molecular weight is 381 g/mol. The maximum absolute atomic E-state index is 13.1. The Hall–Kier alpha value is 0.230. The molecule has 0 aromatic carbocycles. The summed E-state index contributed by atoms with van der Waals surface area (Å²) in [6.07, 6.45) is -11.9. The molecule has 20 heavy (non-hydrogen) atoms. The van der Waals surface area contributed by atoms with Crippen LogP contribution in [0.25, 0.3) is 0 Å². The first-order valence-corrected chi connectivity index (χ1v) is 7.59. The van der Waals surface area contributed by atoms with E-state index in [1.165, 1.54) is 0 Å². The van der Waals surface area contributed by atoms with Crippen molar-refractivity contribution in [2.75, 3.05) is 0 Å². The van der Waals surface area contributed by atoms with Crippen molar-refractivity contribution >= 4 is 24.7 Å². The number of nitrogens with zero attached hydrogens (tertiary/aromatic N) is 3. The van der Waals surface area contributed by atoms with Crippen molar-refractivity contribution in [1.29, 1.82) is 0 Å². The molecule has 1 heterocycles. The number of hydrogen-bond donors (Lipinski definition) is 0. The Labute approximate surface area is 105 Å². The molecule has 18 heteroatoms. The summed E-state index contributed by atoms with van der Waals surface area (Å²) >= 11 is 0. The lowest BCUT2D eigenvalue weighted by molar-refractivity contribution is -0.308. The zero-order chi connectivity index (χ0) is 15.9. The lowest BCUT2D eigenvalue weighted by Gasteiger charge is -2.34. The molecule has 0 bridgehead atoms. The molecule has 1 rings (SSSR count). The van der Waals surface area contributed by atoms with Gasteiger partial charge in [0.1, 0.15) is 0 Å². The fourth-order valence-electron chi connectivity index (χ4n) is 0.767. The molecular weight excluding hydrogens is 381 g/mol. The van der Waals surface area contributed by atoms with Crippen LogP contribution >= 0.6 is 24.7 Å². The highest BCUT2D eigenvalue weighted by atomic mass is 31.3. The van der Waals surface area contributed by atoms with E-state index >= 15 is 0 Å². The van der Waals surface area contributed by atoms with E-state index in [-0.39, 0.29) is 0 Å². The van der Waals surface area contributed by atoms with Crippen LogP contribution in [0.4, 0.5) is 43.7 Å². The van der Waals surface area contributed by atoms with Gasteiger partial charge in [0, 0.05) is 4.66 Å². The third-order valence-electron chi connectivity index (χ3n) is 1.25. The number of alkyl halides is 6. The van der Waals surface area contributed by atoms with Gasteiger partial charge in [-0.05, 0) is 4.66 Å². The molecule has 1 aliphatic rings. The quantitative estimate of drug-likeness (QED) is 0.345. The zero-order valence-electron chi connectivity index (χ0n) is 8.28. The van der Waals surface area contributed by atoms with Crippen LogP contribution in [0.1, 0.15) is 0 Å². The van der Waals surface area contributed by atoms with Crippen LogP contribution in [0, 0.1) is 0 Å². The van der Waals surface area contributed by atoms with E-state index in [0.717, 1.165) is 0 Å². The normalized spacial score (nSPS) is 29.3. The number of hydrogen-bond acceptors (Lipinski definition) is 5. The first kappa shape index (κ1) is 18.3. The fraction of sp³-hybridized carbons (Fsp3) is 1.00. The van der Waals surface area contributed by atoms with Crippen LogP contribution in [0.3, 0.4) is 0 Å². The summed E-state index contributed by atoms with van der Waals surface area (Å²) in [5, 5.41) is 0. The first-order valence-electron chi connectivity index (χ1n) is 3.78. The van der Waals surface area contributed by atoms with E-state index in [1.54, 1.807) is 0 Å². The molecule has 0 fully saturated rings. The van der Waals surface area contributed by atoms with Gasteiger partial charge in [-0.3, -0.25) is 0 Å². The summed E-state index contributed by atoms with van der Waals surface area (Å²) < 4.78 is 127. The minimum absolute atomic E-state index is 1.59. The largest absolute Gasteiger partial charge is 0.529 e. The monoisotopic (exact) mass is 381 g/mol. The summed E-state index contributed by atoms with van der Waals surface area (Å²) in [5.41, 5.74) is 0. The smallest absolute Gasteiger partial charge is 0.214 e. The van der Waals surface area contributed by atoms with Gasteiger partial charge in [-0.1, -0.05) is 0 Å². The number of rotatable bonds is 2. The van der Waals surface area contributed by atoms with Gasteiger partial charge < -0.3 is 0 Å². The van der Waals surface area contributed by atoms with Crippen LogP contribution in [-0.4, -0.2) is 22.1 Å². The van der Waals surface area contributed by atoms with Gasteiger partial charge >= 0.3 is 37.5 Å². The molecule has 0 saturated carbocycles. The van der Waals surface area contributed by atoms with Crippen molar-refractivity contribution in [2.24, 2.45) is 4.52 Å². The molecule has 0 aliphatic carbocycles. The van der Waals surface area contributed by atoms with Crippen molar-refractivity contribution < 1.29 is 52.7 Å². The van der Waals surface area contributed by atoms with E-state index in [1.807, 2.05) is 4.52 Å². The van der Waals surface area contributed by atoms with Crippen LogP contribution in [-0.2, 0) is 9.05 Å². The lowest BCUT2D eigenvalue weighted by atomic mass is 11.4. The molecule has 120 valence electrons. The van der Waals surface area contributed by atoms with Gasteiger partial charge in [0.15, 0.2) is 0 Å². The first-order chi connectivity index (χ1) is 8.77. The highest BCUT2D eigenvalue weighted by Gasteiger charge is 2.59. The maximum atomic E-state index is 13.1. The van der Waals surface area contributed by atoms with Gasteiger partial charge in [0.2, 0.25) is 0 Å². The Morgan fingerprint density at radius 3 is 1.65 bits per heavy atom. The summed E-state index contributed by atoms with van der Waals surface area (Å²) in [7, 11) is -15.3. The van der Waals surface area contributed by atoms with Gasteiger partial charge in [0.25, 0.3) is 0 Å². The Morgan fingerprint density at radius 2 is 1.30 bits per heavy atom. The minimum Gasteiger partial charge on any atom is -0.214 e. The molecule has 0 aromatic rings. The van der Waals surface area contributed by atoms with Crippen LogP contribution in [0.15, 0.2) is 4.52 Å². The molecule has 2 unspecified atom stereocenters. The highest BCUT2D eigenvalue weighted by molar-refractivity contribution is 7.77. The Morgan fingerprint density at radius 1 is 0.900 bits per heavy atom. The van der Waals surface area contributed by atoms with E-state index in [2.05, 4.69) is 9.05 Å². The van der Waals surface area contributed by atoms with E-state index < -0.39 is 46.8 Å². The molecule has 0 radical (unpaired) electrons. The second kappa shape index (κ2) is 5.79. The third kappa shape index (κ3) is 4.36. The van der Waals surface area contributed by atoms with Crippen LogP contribution in [0.2, 0.25) is 0 Å². The summed E-state index contributed by atoms with van der Waals surface area (Å²) in [6, 6.07) is 0. The van der Waals surface area contributed by atoms with Crippen molar-refractivity contribution in [3.05, 3.63) is 0 Å². The maximum Gasteiger partial charge on any atom is 0.529 e. The van der Waals surface area contributed by atoms with E-state index in [0.29, 0.717) is 0 Å². The molecule has 0 spiro atoms. The predicted molar refractivity (Wildman–Crippen MR) is 45.6 cm³/mol. The molecule has 0 saturated heterocycles. The predicted octanol–water partition coefficient (Wildman–Crippen LogP) is 5.78. The minimum atomic E-state index is -6.31. The second-order valence-corrected chi connectivity index (χ2v) is 7.68. The summed E-state index contributed by atoms with van der Waals surface area (Å²) in [6.45, 7) is 0. The molecule has 0 amide bonds. The van der Waals surface area contributed by atoms with Crippen molar-refractivity contribution in [3.63, 3.8) is 0 Å². The molecule has 5 nitrogen and oxygen atoms in total. The molecule has 0 N–H and O–H groups in total. The van der Waals surface area contributed by atoms with Crippen LogP contribution < -0.4 is 0 Å². The standard InChI is InChI=1S/C2F10N3O2P3/c3-1(4,5)16-20(17-2(6,7)8)13-18(11)14(9)19(12)15(20)10. The Balaban J connectivity index is 3.32. The average Bonchev–Trinajstić information content (AvgIpc) is 2.19. The second-order valence-electron chi connectivity index (χ2n) is 2.62. The number of halogens is 10. The highest BCUT2D eigenvalue weighted by Crippen LogP contribution is 2.81. The summed E-state index contributed by atoms with van der Waals surface area (Å²) in [4.78, 5) is 0. The molecular formula is C2F10N3O2P3. The van der Waals surface area contributed by atoms with Crippen molar-refractivity contribution in [1.82, 2.24) is 9.33 Å². The van der Waals surface area contributed by atoms with Gasteiger partial charge in [-0.25, -0.2) is 9.05 Å². The van der Waals surface area contributed by atoms with Gasteiger partial charge in [-0.2, -0.15) is 12.9 Å². The molecule has 0 aromatic heterocycles. The topological polar surface area (TPSA) is 37.3 Å². The molecule has 1 aliphatic heterocycles. The zero-order valence-corrected chi connectivity index (χ0v) is 11.0. The van der Waals surface area contributed by atoms with E-state index in [4.69, 9.17) is 0 Å². The van der Waals surface area contributed by atoms with E-state index in [9.17, 15) is 43.7 Å². The van der Waals surface area contributed by atoms with Gasteiger partial charge in [0.05, 0.1) is 0 Å². The fourth-order valence-corrected chi connectivity index (χ4v) is 5.87. The lowest BCUT2D eigenvalue weighted by Crippen LogP contribution is -2.26.